The number of piperidine rings is 1. The van der Waals surface area contributed by atoms with Crippen molar-refractivity contribution in [1.82, 2.24) is 9.62 Å². The van der Waals surface area contributed by atoms with Crippen LogP contribution in [0, 0.1) is 12.8 Å². The molecule has 0 aromatic heterocycles. The first-order chi connectivity index (χ1) is 14.8. The van der Waals surface area contributed by atoms with Gasteiger partial charge in [0.15, 0.2) is 0 Å². The minimum atomic E-state index is -3.61. The molecule has 1 N–H and O–H groups in total. The van der Waals surface area contributed by atoms with Crippen LogP contribution >= 0.6 is 0 Å². The highest BCUT2D eigenvalue weighted by molar-refractivity contribution is 7.89. The predicted molar refractivity (Wildman–Crippen MR) is 119 cm³/mol. The Hall–Kier alpha value is -2.58. The Balaban J connectivity index is 1.54. The monoisotopic (exact) mass is 446 g/mol. The van der Waals surface area contributed by atoms with E-state index in [-0.39, 0.29) is 29.3 Å². The highest BCUT2D eigenvalue weighted by atomic mass is 32.2. The second-order valence-electron chi connectivity index (χ2n) is 7.91. The van der Waals surface area contributed by atoms with Crippen LogP contribution in [0.4, 0.5) is 0 Å². The average Bonchev–Trinajstić information content (AvgIpc) is 2.78. The second kappa shape index (κ2) is 10.2. The first-order valence-electron chi connectivity index (χ1n) is 10.4. The van der Waals surface area contributed by atoms with Crippen molar-refractivity contribution in [3.8, 4) is 11.5 Å². The highest BCUT2D eigenvalue weighted by Gasteiger charge is 2.33. The van der Waals surface area contributed by atoms with Gasteiger partial charge in [0.05, 0.1) is 24.0 Å². The Kier molecular flexibility index (Phi) is 7.56. The van der Waals surface area contributed by atoms with Crippen LogP contribution in [0.3, 0.4) is 0 Å². The van der Waals surface area contributed by atoms with E-state index in [9.17, 15) is 13.2 Å². The summed E-state index contributed by atoms with van der Waals surface area (Å²) in [6.07, 6.45) is 1.32. The van der Waals surface area contributed by atoms with Crippen LogP contribution in [0.1, 0.15) is 25.3 Å². The minimum absolute atomic E-state index is 0.144. The van der Waals surface area contributed by atoms with Gasteiger partial charge in [-0.25, -0.2) is 8.42 Å². The molecule has 1 heterocycles. The number of methoxy groups -OCH3 is 1. The number of sulfonamides is 1. The van der Waals surface area contributed by atoms with Crippen LogP contribution in [0.5, 0.6) is 11.5 Å². The SMILES string of the molecule is COc1ccc(OC[C@@H](C)NC(=O)[C@@H]2CCCN(S(=O)(=O)c3ccc(C)cc3)C2)cc1. The molecule has 8 heteroatoms. The molecule has 1 aliphatic heterocycles. The third-order valence-corrected chi connectivity index (χ3v) is 7.24. The molecule has 0 unspecified atom stereocenters. The van der Waals surface area contributed by atoms with Crippen LogP contribution in [-0.2, 0) is 14.8 Å². The molecule has 0 saturated carbocycles. The fourth-order valence-electron chi connectivity index (χ4n) is 3.53. The van der Waals surface area contributed by atoms with E-state index in [1.54, 1.807) is 31.4 Å². The van der Waals surface area contributed by atoms with Crippen LogP contribution in [0.25, 0.3) is 0 Å². The molecule has 1 fully saturated rings. The van der Waals surface area contributed by atoms with Gasteiger partial charge in [0.2, 0.25) is 15.9 Å². The Morgan fingerprint density at radius 3 is 2.42 bits per heavy atom. The maximum Gasteiger partial charge on any atom is 0.243 e. The van der Waals surface area contributed by atoms with Gasteiger partial charge >= 0.3 is 0 Å². The number of nitrogens with one attached hydrogen (secondary N) is 1. The van der Waals surface area contributed by atoms with Gasteiger partial charge in [-0.3, -0.25) is 4.79 Å². The van der Waals surface area contributed by atoms with E-state index in [1.165, 1.54) is 4.31 Å². The first-order valence-corrected chi connectivity index (χ1v) is 11.9. The molecule has 2 aromatic carbocycles. The quantitative estimate of drug-likeness (QED) is 0.674. The smallest absolute Gasteiger partial charge is 0.243 e. The normalized spacial score (nSPS) is 18.2. The van der Waals surface area contributed by atoms with E-state index in [4.69, 9.17) is 9.47 Å². The molecule has 1 aliphatic rings. The fourth-order valence-corrected chi connectivity index (χ4v) is 5.05. The molecule has 0 radical (unpaired) electrons. The lowest BCUT2D eigenvalue weighted by molar-refractivity contribution is -0.126. The van der Waals surface area contributed by atoms with E-state index in [0.29, 0.717) is 31.7 Å². The zero-order valence-corrected chi connectivity index (χ0v) is 19.0. The summed E-state index contributed by atoms with van der Waals surface area (Å²) in [6.45, 7) is 4.71. The van der Waals surface area contributed by atoms with Crippen LogP contribution in [0.15, 0.2) is 53.4 Å². The molecule has 0 spiro atoms. The Morgan fingerprint density at radius 2 is 1.77 bits per heavy atom. The van der Waals surface area contributed by atoms with Gasteiger partial charge in [-0.15, -0.1) is 0 Å². The summed E-state index contributed by atoms with van der Waals surface area (Å²) < 4.78 is 38.2. The lowest BCUT2D eigenvalue weighted by Gasteiger charge is -2.31. The topological polar surface area (TPSA) is 84.9 Å². The molecule has 31 heavy (non-hydrogen) atoms. The molecular weight excluding hydrogens is 416 g/mol. The zero-order chi connectivity index (χ0) is 22.4. The van der Waals surface area contributed by atoms with E-state index in [1.807, 2.05) is 38.1 Å². The van der Waals surface area contributed by atoms with Gasteiger partial charge in [0.1, 0.15) is 18.1 Å². The number of hydrogen-bond donors (Lipinski definition) is 1. The van der Waals surface area contributed by atoms with Crippen LogP contribution < -0.4 is 14.8 Å². The van der Waals surface area contributed by atoms with Crippen molar-refractivity contribution in [1.29, 1.82) is 0 Å². The number of ether oxygens (including phenoxy) is 2. The molecule has 1 saturated heterocycles. The lowest BCUT2D eigenvalue weighted by atomic mass is 9.98. The van der Waals surface area contributed by atoms with E-state index >= 15 is 0 Å². The zero-order valence-electron chi connectivity index (χ0n) is 18.2. The summed E-state index contributed by atoms with van der Waals surface area (Å²) in [5, 5.41) is 2.95. The van der Waals surface area contributed by atoms with Gasteiger partial charge in [-0.2, -0.15) is 4.31 Å². The van der Waals surface area contributed by atoms with E-state index < -0.39 is 10.0 Å². The number of aryl methyl sites for hydroxylation is 1. The van der Waals surface area contributed by atoms with Crippen LogP contribution in [-0.4, -0.2) is 51.5 Å². The van der Waals surface area contributed by atoms with Crippen molar-refractivity contribution in [2.45, 2.75) is 37.6 Å². The van der Waals surface area contributed by atoms with Gasteiger partial charge < -0.3 is 14.8 Å². The van der Waals surface area contributed by atoms with Gasteiger partial charge in [-0.05, 0) is 63.1 Å². The maximum atomic E-state index is 13.0. The van der Waals surface area contributed by atoms with E-state index in [0.717, 1.165) is 11.3 Å². The molecule has 3 rings (SSSR count). The lowest BCUT2D eigenvalue weighted by Crippen LogP contribution is -2.48. The first kappa shape index (κ1) is 23.1. The summed E-state index contributed by atoms with van der Waals surface area (Å²) >= 11 is 0. The molecular formula is C23H30N2O5S. The molecule has 7 nitrogen and oxygen atoms in total. The largest absolute Gasteiger partial charge is 0.497 e. The number of carbonyl (C=O) groups is 1. The highest BCUT2D eigenvalue weighted by Crippen LogP contribution is 2.24. The van der Waals surface area contributed by atoms with Crippen molar-refractivity contribution in [3.05, 3.63) is 54.1 Å². The summed E-state index contributed by atoms with van der Waals surface area (Å²) in [5.41, 5.74) is 1.00. The number of amides is 1. The number of benzene rings is 2. The molecule has 168 valence electrons. The summed E-state index contributed by atoms with van der Waals surface area (Å²) in [4.78, 5) is 13.0. The Morgan fingerprint density at radius 1 is 1.13 bits per heavy atom. The Labute approximate surface area is 184 Å². The molecule has 0 aliphatic carbocycles. The summed E-state index contributed by atoms with van der Waals surface area (Å²) in [6, 6.07) is 13.8. The minimum Gasteiger partial charge on any atom is -0.497 e. The summed E-state index contributed by atoms with van der Waals surface area (Å²) in [5.74, 6) is 0.915. The molecule has 1 amide bonds. The fraction of sp³-hybridized carbons (Fsp3) is 0.435. The average molecular weight is 447 g/mol. The molecule has 2 aromatic rings. The van der Waals surface area contributed by atoms with Crippen molar-refractivity contribution >= 4 is 15.9 Å². The van der Waals surface area contributed by atoms with Crippen molar-refractivity contribution in [3.63, 3.8) is 0 Å². The van der Waals surface area contributed by atoms with Gasteiger partial charge in [0.25, 0.3) is 0 Å². The van der Waals surface area contributed by atoms with Gasteiger partial charge in [-0.1, -0.05) is 17.7 Å². The number of carbonyl (C=O) groups excluding carboxylic acids is 1. The molecule has 0 bridgehead atoms. The summed E-state index contributed by atoms with van der Waals surface area (Å²) in [7, 11) is -2.00. The van der Waals surface area contributed by atoms with E-state index in [2.05, 4.69) is 5.32 Å². The van der Waals surface area contributed by atoms with Crippen molar-refractivity contribution in [2.75, 3.05) is 26.8 Å². The maximum absolute atomic E-state index is 13.0. The Bertz CT molecular complexity index is 974. The predicted octanol–water partition coefficient (Wildman–Crippen LogP) is 2.99. The van der Waals surface area contributed by atoms with Crippen molar-refractivity contribution in [2.24, 2.45) is 5.92 Å². The third kappa shape index (κ3) is 5.98. The third-order valence-electron chi connectivity index (χ3n) is 5.36. The standard InChI is InChI=1S/C23H30N2O5S/c1-17-6-12-22(13-7-17)31(27,28)25-14-4-5-19(15-25)23(26)24-18(2)16-30-21-10-8-20(29-3)9-11-21/h6-13,18-19H,4-5,14-16H2,1-3H3,(H,24,26)/t18-,19-/m1/s1. The molecule has 2 atom stereocenters. The number of rotatable bonds is 8. The van der Waals surface area contributed by atoms with Crippen LogP contribution in [0.2, 0.25) is 0 Å². The second-order valence-corrected chi connectivity index (χ2v) is 9.85. The van der Waals surface area contributed by atoms with Crippen molar-refractivity contribution < 1.29 is 22.7 Å². The number of nitrogens with zero attached hydrogens (tertiary/aromatic N) is 1. The number of hydrogen-bond acceptors (Lipinski definition) is 5. The van der Waals surface area contributed by atoms with Gasteiger partial charge in [0, 0.05) is 13.1 Å².